The van der Waals surface area contributed by atoms with Gasteiger partial charge in [0.15, 0.2) is 11.5 Å². The molecule has 1 aromatic rings. The van der Waals surface area contributed by atoms with Gasteiger partial charge in [-0.1, -0.05) is 19.9 Å². The molecule has 26 heavy (non-hydrogen) atoms. The first-order chi connectivity index (χ1) is 12.6. The zero-order valence-electron chi connectivity index (χ0n) is 16.3. The van der Waals surface area contributed by atoms with Crippen molar-refractivity contribution < 1.29 is 14.3 Å². The van der Waals surface area contributed by atoms with Crippen molar-refractivity contribution in [2.24, 2.45) is 11.7 Å². The van der Waals surface area contributed by atoms with Crippen molar-refractivity contribution in [2.75, 3.05) is 33.4 Å². The lowest BCUT2D eigenvalue weighted by Gasteiger charge is -2.19. The molecule has 1 aliphatic rings. The van der Waals surface area contributed by atoms with Crippen LogP contribution in [-0.4, -0.2) is 50.2 Å². The Morgan fingerprint density at radius 2 is 2.04 bits per heavy atom. The van der Waals surface area contributed by atoms with Crippen molar-refractivity contribution >= 4 is 5.91 Å². The van der Waals surface area contributed by atoms with Gasteiger partial charge in [0.25, 0.3) is 0 Å². The molecule has 0 saturated heterocycles. The predicted molar refractivity (Wildman–Crippen MR) is 103 cm³/mol. The number of carbonyl (C=O) groups is 1. The molecular weight excluding hydrogens is 330 g/mol. The highest BCUT2D eigenvalue weighted by Crippen LogP contribution is 2.28. The van der Waals surface area contributed by atoms with E-state index in [1.807, 2.05) is 18.2 Å². The van der Waals surface area contributed by atoms with Crippen LogP contribution in [-0.2, 0) is 11.3 Å². The van der Waals surface area contributed by atoms with Crippen LogP contribution in [0.15, 0.2) is 18.2 Å². The quantitative estimate of drug-likeness (QED) is 0.666. The Labute approximate surface area is 157 Å². The molecule has 3 N–H and O–H groups in total. The molecule has 6 heteroatoms. The number of ether oxygens (including phenoxy) is 2. The second kappa shape index (κ2) is 10.4. The first kappa shape index (κ1) is 20.5. The van der Waals surface area contributed by atoms with Crippen LogP contribution in [0.4, 0.5) is 0 Å². The Morgan fingerprint density at radius 1 is 1.27 bits per heavy atom. The van der Waals surface area contributed by atoms with E-state index in [4.69, 9.17) is 15.2 Å². The van der Waals surface area contributed by atoms with Gasteiger partial charge in [-0.3, -0.25) is 4.79 Å². The maximum absolute atomic E-state index is 12.2. The van der Waals surface area contributed by atoms with Gasteiger partial charge < -0.3 is 25.4 Å². The molecular formula is C20H33N3O3. The lowest BCUT2D eigenvalue weighted by atomic mass is 10.1. The summed E-state index contributed by atoms with van der Waals surface area (Å²) in [6.07, 6.45) is 2.61. The molecule has 0 aliphatic heterocycles. The summed E-state index contributed by atoms with van der Waals surface area (Å²) in [6, 6.07) is 5.97. The number of benzene rings is 1. The van der Waals surface area contributed by atoms with Gasteiger partial charge in [-0.15, -0.1) is 0 Å². The van der Waals surface area contributed by atoms with Crippen LogP contribution in [0.1, 0.15) is 38.7 Å². The summed E-state index contributed by atoms with van der Waals surface area (Å²) in [5.41, 5.74) is 6.88. The standard InChI is InChI=1S/C20H33N3O3/c1-4-23(5-2)10-11-26-18-9-6-15(12-19(18)25-3)14-22-20(24)16-7-8-17(21)13-16/h6,9,12,16-17H,4-5,7-8,10-11,13-14,21H2,1-3H3,(H,22,24). The van der Waals surface area contributed by atoms with E-state index in [-0.39, 0.29) is 17.9 Å². The van der Waals surface area contributed by atoms with E-state index in [9.17, 15) is 4.79 Å². The average Bonchev–Trinajstić information content (AvgIpc) is 3.10. The Balaban J connectivity index is 1.86. The van der Waals surface area contributed by atoms with E-state index in [1.165, 1.54) is 0 Å². The summed E-state index contributed by atoms with van der Waals surface area (Å²) in [4.78, 5) is 14.5. The van der Waals surface area contributed by atoms with E-state index < -0.39 is 0 Å². The van der Waals surface area contributed by atoms with E-state index in [2.05, 4.69) is 24.1 Å². The van der Waals surface area contributed by atoms with Gasteiger partial charge in [-0.25, -0.2) is 0 Å². The number of hydrogen-bond acceptors (Lipinski definition) is 5. The summed E-state index contributed by atoms with van der Waals surface area (Å²) in [6.45, 7) is 8.32. The Hall–Kier alpha value is -1.79. The van der Waals surface area contributed by atoms with Crippen LogP contribution in [0.2, 0.25) is 0 Å². The van der Waals surface area contributed by atoms with Crippen molar-refractivity contribution in [2.45, 2.75) is 45.7 Å². The van der Waals surface area contributed by atoms with Gasteiger partial charge in [0, 0.05) is 25.0 Å². The second-order valence-corrected chi connectivity index (χ2v) is 6.85. The SMILES string of the molecule is CCN(CC)CCOc1ccc(CNC(=O)C2CCC(N)C2)cc1OC. The number of likely N-dealkylation sites (N-methyl/N-ethyl adjacent to an activating group) is 1. The van der Waals surface area contributed by atoms with Crippen molar-refractivity contribution in [3.63, 3.8) is 0 Å². The first-order valence-corrected chi connectivity index (χ1v) is 9.62. The molecule has 1 fully saturated rings. The summed E-state index contributed by atoms with van der Waals surface area (Å²) >= 11 is 0. The summed E-state index contributed by atoms with van der Waals surface area (Å²) in [5.74, 6) is 1.57. The van der Waals surface area contributed by atoms with E-state index >= 15 is 0 Å². The fraction of sp³-hybridized carbons (Fsp3) is 0.650. The third kappa shape index (κ3) is 5.88. The van der Waals surface area contributed by atoms with Crippen LogP contribution >= 0.6 is 0 Å². The second-order valence-electron chi connectivity index (χ2n) is 6.85. The summed E-state index contributed by atoms with van der Waals surface area (Å²) < 4.78 is 11.3. The van der Waals surface area contributed by atoms with Crippen LogP contribution < -0.4 is 20.5 Å². The van der Waals surface area contributed by atoms with Gasteiger partial charge in [0.1, 0.15) is 6.61 Å². The summed E-state index contributed by atoms with van der Waals surface area (Å²) in [7, 11) is 1.63. The van der Waals surface area contributed by atoms with Crippen molar-refractivity contribution in [3.8, 4) is 11.5 Å². The highest BCUT2D eigenvalue weighted by Gasteiger charge is 2.27. The largest absolute Gasteiger partial charge is 0.493 e. The highest BCUT2D eigenvalue weighted by atomic mass is 16.5. The van der Waals surface area contributed by atoms with Gasteiger partial charge in [0.2, 0.25) is 5.91 Å². The molecule has 0 aromatic heterocycles. The molecule has 146 valence electrons. The Kier molecular flexibility index (Phi) is 8.19. The van der Waals surface area contributed by atoms with Crippen molar-refractivity contribution in [1.82, 2.24) is 10.2 Å². The fourth-order valence-electron chi connectivity index (χ4n) is 3.35. The zero-order valence-corrected chi connectivity index (χ0v) is 16.3. The monoisotopic (exact) mass is 363 g/mol. The normalized spacial score (nSPS) is 19.6. The summed E-state index contributed by atoms with van der Waals surface area (Å²) in [5, 5.41) is 3.01. The maximum atomic E-state index is 12.2. The molecule has 1 saturated carbocycles. The molecule has 0 radical (unpaired) electrons. The minimum absolute atomic E-state index is 0.0505. The molecule has 1 aromatic carbocycles. The van der Waals surface area contributed by atoms with Gasteiger partial charge in [-0.05, 0) is 50.0 Å². The molecule has 1 aliphatic carbocycles. The number of rotatable bonds is 10. The van der Waals surface area contributed by atoms with E-state index in [1.54, 1.807) is 7.11 Å². The molecule has 2 rings (SSSR count). The van der Waals surface area contributed by atoms with Crippen molar-refractivity contribution in [3.05, 3.63) is 23.8 Å². The van der Waals surface area contributed by atoms with Gasteiger partial charge in [-0.2, -0.15) is 0 Å². The van der Waals surface area contributed by atoms with E-state index in [0.717, 1.165) is 50.2 Å². The van der Waals surface area contributed by atoms with E-state index in [0.29, 0.717) is 18.9 Å². The minimum atomic E-state index is 0.0505. The molecule has 0 spiro atoms. The number of hydrogen-bond donors (Lipinski definition) is 2. The maximum Gasteiger partial charge on any atom is 0.223 e. The lowest BCUT2D eigenvalue weighted by molar-refractivity contribution is -0.125. The van der Waals surface area contributed by atoms with Gasteiger partial charge in [0.05, 0.1) is 7.11 Å². The lowest BCUT2D eigenvalue weighted by Crippen LogP contribution is -2.30. The fourth-order valence-corrected chi connectivity index (χ4v) is 3.35. The molecule has 0 bridgehead atoms. The topological polar surface area (TPSA) is 76.8 Å². The number of amides is 1. The molecule has 2 unspecified atom stereocenters. The molecule has 0 heterocycles. The number of nitrogens with zero attached hydrogens (tertiary/aromatic N) is 1. The third-order valence-corrected chi connectivity index (χ3v) is 5.10. The molecule has 6 nitrogen and oxygen atoms in total. The highest BCUT2D eigenvalue weighted by molar-refractivity contribution is 5.79. The number of nitrogens with one attached hydrogen (secondary N) is 1. The number of nitrogens with two attached hydrogens (primary N) is 1. The van der Waals surface area contributed by atoms with Crippen LogP contribution in [0.3, 0.4) is 0 Å². The van der Waals surface area contributed by atoms with Gasteiger partial charge >= 0.3 is 0 Å². The third-order valence-electron chi connectivity index (χ3n) is 5.10. The predicted octanol–water partition coefficient (Wildman–Crippen LogP) is 2.16. The number of methoxy groups -OCH3 is 1. The Morgan fingerprint density at radius 3 is 2.65 bits per heavy atom. The first-order valence-electron chi connectivity index (χ1n) is 9.62. The molecule has 1 amide bonds. The Bertz CT molecular complexity index is 575. The van der Waals surface area contributed by atoms with Crippen molar-refractivity contribution in [1.29, 1.82) is 0 Å². The number of carbonyl (C=O) groups excluding carboxylic acids is 1. The van der Waals surface area contributed by atoms with Crippen LogP contribution in [0, 0.1) is 5.92 Å². The van der Waals surface area contributed by atoms with Crippen LogP contribution in [0.5, 0.6) is 11.5 Å². The zero-order chi connectivity index (χ0) is 18.9. The molecule has 2 atom stereocenters. The smallest absolute Gasteiger partial charge is 0.223 e. The minimum Gasteiger partial charge on any atom is -0.493 e. The van der Waals surface area contributed by atoms with Crippen LogP contribution in [0.25, 0.3) is 0 Å². The average molecular weight is 364 g/mol.